The molecule has 1 aliphatic carbocycles. The van der Waals surface area contributed by atoms with Crippen LogP contribution in [0.3, 0.4) is 0 Å². The highest BCUT2D eigenvalue weighted by molar-refractivity contribution is 6.32. The molecule has 0 saturated heterocycles. The van der Waals surface area contributed by atoms with Crippen LogP contribution in [0.2, 0.25) is 5.02 Å². The van der Waals surface area contributed by atoms with Crippen molar-refractivity contribution in [2.75, 3.05) is 11.9 Å². The van der Waals surface area contributed by atoms with Gasteiger partial charge in [-0.05, 0) is 31.0 Å². The van der Waals surface area contributed by atoms with Gasteiger partial charge in [0.1, 0.15) is 5.75 Å². The van der Waals surface area contributed by atoms with E-state index in [4.69, 9.17) is 21.4 Å². The van der Waals surface area contributed by atoms with Gasteiger partial charge in [-0.15, -0.1) is 0 Å². The fourth-order valence-corrected chi connectivity index (χ4v) is 2.15. The minimum atomic E-state index is -1.08. The van der Waals surface area contributed by atoms with Gasteiger partial charge in [0.05, 0.1) is 5.02 Å². The molecule has 0 heterocycles. The lowest BCUT2D eigenvalue weighted by Crippen LogP contribution is -2.20. The number of carbonyl (C=O) groups is 2. The van der Waals surface area contributed by atoms with Gasteiger partial charge in [-0.2, -0.15) is 0 Å². The number of carbonyl (C=O) groups excluding carboxylic acids is 1. The Hall–Kier alpha value is -2.01. The molecule has 5 nitrogen and oxygen atoms in total. The molecule has 0 bridgehead atoms. The molecule has 2 N–H and O–H groups in total. The summed E-state index contributed by atoms with van der Waals surface area (Å²) in [6.45, 7) is -0.459. The van der Waals surface area contributed by atoms with E-state index in [2.05, 4.69) is 5.32 Å². The van der Waals surface area contributed by atoms with Gasteiger partial charge in [-0.1, -0.05) is 23.8 Å². The fraction of sp³-hybridized carbons (Fsp3) is 0.286. The van der Waals surface area contributed by atoms with E-state index < -0.39 is 12.6 Å². The van der Waals surface area contributed by atoms with Crippen LogP contribution in [-0.4, -0.2) is 23.6 Å². The highest BCUT2D eigenvalue weighted by Crippen LogP contribution is 2.28. The van der Waals surface area contributed by atoms with Crippen molar-refractivity contribution in [3.63, 3.8) is 0 Å². The molecule has 1 aliphatic rings. The zero-order valence-corrected chi connectivity index (χ0v) is 11.4. The molecule has 20 heavy (non-hydrogen) atoms. The van der Waals surface area contributed by atoms with Crippen LogP contribution in [0.1, 0.15) is 12.8 Å². The minimum absolute atomic E-state index is 0.0308. The minimum Gasteiger partial charge on any atom is -0.480 e. The maximum Gasteiger partial charge on any atom is 0.341 e. The Balaban J connectivity index is 1.97. The number of hydrogen-bond donors (Lipinski definition) is 2. The molecule has 1 aromatic carbocycles. The van der Waals surface area contributed by atoms with Crippen LogP contribution in [0.15, 0.2) is 30.4 Å². The lowest BCUT2D eigenvalue weighted by Gasteiger charge is -2.12. The maximum absolute atomic E-state index is 11.9. The number of halogens is 1. The van der Waals surface area contributed by atoms with Crippen molar-refractivity contribution in [2.24, 2.45) is 5.92 Å². The molecule has 0 atom stereocenters. The molecule has 0 aromatic heterocycles. The first-order chi connectivity index (χ1) is 9.56. The molecule has 0 radical (unpaired) electrons. The summed E-state index contributed by atoms with van der Waals surface area (Å²) in [6, 6.07) is 4.70. The molecule has 106 valence electrons. The lowest BCUT2D eigenvalue weighted by molar-refractivity contribution is -0.139. The van der Waals surface area contributed by atoms with Gasteiger partial charge in [0.2, 0.25) is 5.91 Å². The normalized spacial score (nSPS) is 14.2. The largest absolute Gasteiger partial charge is 0.480 e. The van der Waals surface area contributed by atoms with E-state index in [0.29, 0.717) is 5.69 Å². The predicted octanol–water partition coefficient (Wildman–Crippen LogP) is 2.71. The highest BCUT2D eigenvalue weighted by Gasteiger charge is 2.19. The molecule has 0 aliphatic heterocycles. The van der Waals surface area contributed by atoms with E-state index in [0.717, 1.165) is 12.8 Å². The number of nitrogens with one attached hydrogen (secondary N) is 1. The van der Waals surface area contributed by atoms with Gasteiger partial charge in [-0.25, -0.2) is 4.79 Å². The van der Waals surface area contributed by atoms with E-state index in [1.165, 1.54) is 6.07 Å². The molecular formula is C14H14ClNO4. The second-order valence-electron chi connectivity index (χ2n) is 4.46. The third-order valence-electron chi connectivity index (χ3n) is 2.93. The number of amides is 1. The van der Waals surface area contributed by atoms with E-state index in [9.17, 15) is 9.59 Å². The number of aliphatic carboxylic acids is 1. The van der Waals surface area contributed by atoms with Crippen LogP contribution in [0, 0.1) is 5.92 Å². The molecule has 6 heteroatoms. The van der Waals surface area contributed by atoms with Crippen LogP contribution in [0.4, 0.5) is 5.69 Å². The van der Waals surface area contributed by atoms with Crippen molar-refractivity contribution in [3.8, 4) is 5.75 Å². The van der Waals surface area contributed by atoms with Crippen molar-refractivity contribution in [1.29, 1.82) is 0 Å². The first-order valence-corrected chi connectivity index (χ1v) is 6.54. The number of allylic oxidation sites excluding steroid dienone is 2. The number of carboxylic acids is 1. The van der Waals surface area contributed by atoms with Gasteiger partial charge < -0.3 is 15.2 Å². The van der Waals surface area contributed by atoms with Crippen LogP contribution in [0.25, 0.3) is 0 Å². The quantitative estimate of drug-likeness (QED) is 0.819. The van der Waals surface area contributed by atoms with E-state index in [1.807, 2.05) is 12.2 Å². The van der Waals surface area contributed by atoms with Crippen LogP contribution < -0.4 is 10.1 Å². The van der Waals surface area contributed by atoms with Gasteiger partial charge >= 0.3 is 5.97 Å². The molecule has 0 saturated carbocycles. The number of ether oxygens (including phenoxy) is 1. The second-order valence-corrected chi connectivity index (χ2v) is 4.86. The topological polar surface area (TPSA) is 75.6 Å². The summed E-state index contributed by atoms with van der Waals surface area (Å²) in [5.74, 6) is -0.885. The predicted molar refractivity (Wildman–Crippen MR) is 75.1 cm³/mol. The van der Waals surface area contributed by atoms with E-state index in [1.54, 1.807) is 12.1 Å². The number of anilines is 1. The Morgan fingerprint density at radius 1 is 1.35 bits per heavy atom. The fourth-order valence-electron chi connectivity index (χ4n) is 1.91. The Morgan fingerprint density at radius 3 is 2.65 bits per heavy atom. The molecule has 0 fully saturated rings. The Labute approximate surface area is 121 Å². The monoisotopic (exact) mass is 295 g/mol. The maximum atomic E-state index is 11.9. The first-order valence-electron chi connectivity index (χ1n) is 6.16. The SMILES string of the molecule is O=C(O)COc1ccc(NC(=O)C2CC=CC2)cc1Cl. The summed E-state index contributed by atoms with van der Waals surface area (Å²) in [4.78, 5) is 22.3. The third kappa shape index (κ3) is 3.74. The van der Waals surface area contributed by atoms with Crippen LogP contribution in [0.5, 0.6) is 5.75 Å². The number of carboxylic acid groups (broad SMARTS) is 1. The zero-order valence-electron chi connectivity index (χ0n) is 10.6. The van der Waals surface area contributed by atoms with E-state index >= 15 is 0 Å². The number of rotatable bonds is 5. The summed E-state index contributed by atoms with van der Waals surface area (Å²) in [6.07, 6.45) is 5.47. The lowest BCUT2D eigenvalue weighted by atomic mass is 10.1. The summed E-state index contributed by atoms with van der Waals surface area (Å²) in [5.41, 5.74) is 0.564. The Kier molecular flexibility index (Phi) is 4.63. The Morgan fingerprint density at radius 2 is 2.05 bits per heavy atom. The standard InChI is InChI=1S/C14H14ClNO4/c15-11-7-10(5-6-12(11)20-8-13(17)18)16-14(19)9-3-1-2-4-9/h1-2,5-7,9H,3-4,8H2,(H,16,19)(H,17,18). The van der Waals surface area contributed by atoms with Gasteiger partial charge in [0.15, 0.2) is 6.61 Å². The number of benzene rings is 1. The van der Waals surface area contributed by atoms with E-state index in [-0.39, 0.29) is 22.6 Å². The summed E-state index contributed by atoms with van der Waals surface area (Å²) in [7, 11) is 0. The van der Waals surface area contributed by atoms with Crippen molar-refractivity contribution in [3.05, 3.63) is 35.4 Å². The molecule has 0 unspecified atom stereocenters. The number of hydrogen-bond acceptors (Lipinski definition) is 3. The molecule has 0 spiro atoms. The summed E-state index contributed by atoms with van der Waals surface area (Å²) < 4.78 is 5.00. The smallest absolute Gasteiger partial charge is 0.341 e. The van der Waals surface area contributed by atoms with Gasteiger partial charge in [0.25, 0.3) is 0 Å². The average molecular weight is 296 g/mol. The van der Waals surface area contributed by atoms with Gasteiger partial charge in [0, 0.05) is 11.6 Å². The average Bonchev–Trinajstić information content (AvgIpc) is 2.91. The van der Waals surface area contributed by atoms with Crippen LogP contribution in [-0.2, 0) is 9.59 Å². The highest BCUT2D eigenvalue weighted by atomic mass is 35.5. The second kappa shape index (κ2) is 6.43. The molecule has 1 amide bonds. The zero-order chi connectivity index (χ0) is 14.5. The molecule has 1 aromatic rings. The third-order valence-corrected chi connectivity index (χ3v) is 3.22. The first kappa shape index (κ1) is 14.4. The van der Waals surface area contributed by atoms with Crippen molar-refractivity contribution < 1.29 is 19.4 Å². The van der Waals surface area contributed by atoms with Crippen LogP contribution >= 0.6 is 11.6 Å². The van der Waals surface area contributed by atoms with Crippen molar-refractivity contribution in [2.45, 2.75) is 12.8 Å². The van der Waals surface area contributed by atoms with Crippen molar-refractivity contribution in [1.82, 2.24) is 0 Å². The van der Waals surface area contributed by atoms with Crippen molar-refractivity contribution >= 4 is 29.2 Å². The Bertz CT molecular complexity index is 548. The molecular weight excluding hydrogens is 282 g/mol. The summed E-state index contributed by atoms with van der Waals surface area (Å²) in [5, 5.41) is 11.6. The summed E-state index contributed by atoms with van der Waals surface area (Å²) >= 11 is 5.97. The van der Waals surface area contributed by atoms with Gasteiger partial charge in [-0.3, -0.25) is 4.79 Å². The molecule has 2 rings (SSSR count).